The average Bonchev–Trinajstić information content (AvgIpc) is 2.80. The third-order valence-corrected chi connectivity index (χ3v) is 4.05. The first-order valence-electron chi connectivity index (χ1n) is 6.80. The summed E-state index contributed by atoms with van der Waals surface area (Å²) in [6.45, 7) is 2.05. The van der Waals surface area contributed by atoms with Crippen LogP contribution in [0.1, 0.15) is 29.0 Å². The lowest BCUT2D eigenvalue weighted by molar-refractivity contribution is 0.254. The molecule has 0 radical (unpaired) electrons. The van der Waals surface area contributed by atoms with Crippen LogP contribution in [0, 0.1) is 5.82 Å². The van der Waals surface area contributed by atoms with Crippen LogP contribution < -0.4 is 4.74 Å². The van der Waals surface area contributed by atoms with E-state index in [-0.39, 0.29) is 17.3 Å². The van der Waals surface area contributed by atoms with Crippen LogP contribution in [0.15, 0.2) is 42.5 Å². The van der Waals surface area contributed by atoms with Gasteiger partial charge in [-0.1, -0.05) is 30.3 Å². The number of hydrogen-bond donors (Lipinski definition) is 0. The first-order chi connectivity index (χ1) is 9.63. The number of alkyl halides is 1. The van der Waals surface area contributed by atoms with Gasteiger partial charge in [0.2, 0.25) is 0 Å². The minimum atomic E-state index is -0.229. The monoisotopic (exact) mass is 290 g/mol. The van der Waals surface area contributed by atoms with Crippen LogP contribution in [-0.2, 0) is 12.8 Å². The highest BCUT2D eigenvalue weighted by Gasteiger charge is 2.21. The summed E-state index contributed by atoms with van der Waals surface area (Å²) in [6, 6.07) is 12.8. The predicted octanol–water partition coefficient (Wildman–Crippen LogP) is 4.67. The van der Waals surface area contributed by atoms with Gasteiger partial charge in [0.15, 0.2) is 0 Å². The molecule has 0 saturated heterocycles. The zero-order chi connectivity index (χ0) is 14.1. The maximum atomic E-state index is 13.7. The number of fused-ring (bicyclic) bond motifs is 1. The SMILES string of the molecule is CC1Cc2cc(C(Cl)Cc3ccccc3F)ccc2O1. The Bertz CT molecular complexity index is 626. The molecular weight excluding hydrogens is 275 g/mol. The van der Waals surface area contributed by atoms with Gasteiger partial charge in [-0.15, -0.1) is 11.6 Å². The van der Waals surface area contributed by atoms with E-state index in [9.17, 15) is 4.39 Å². The molecule has 3 rings (SSSR count). The highest BCUT2D eigenvalue weighted by molar-refractivity contribution is 6.20. The fraction of sp³-hybridized carbons (Fsp3) is 0.294. The van der Waals surface area contributed by atoms with E-state index >= 15 is 0 Å². The molecule has 2 unspecified atom stereocenters. The summed E-state index contributed by atoms with van der Waals surface area (Å²) in [7, 11) is 0. The lowest BCUT2D eigenvalue weighted by Gasteiger charge is -2.12. The first kappa shape index (κ1) is 13.4. The second-order valence-electron chi connectivity index (χ2n) is 5.26. The van der Waals surface area contributed by atoms with Crippen LogP contribution in [0.25, 0.3) is 0 Å². The normalized spacial score (nSPS) is 18.4. The zero-order valence-electron chi connectivity index (χ0n) is 11.3. The summed E-state index contributed by atoms with van der Waals surface area (Å²) in [5.74, 6) is 0.743. The van der Waals surface area contributed by atoms with Crippen LogP contribution >= 0.6 is 11.6 Å². The van der Waals surface area contributed by atoms with Gasteiger partial charge in [-0.25, -0.2) is 4.39 Å². The molecule has 2 atom stereocenters. The molecule has 2 aromatic rings. The third kappa shape index (κ3) is 2.66. The van der Waals surface area contributed by atoms with Gasteiger partial charge in [0, 0.05) is 6.42 Å². The molecule has 0 N–H and O–H groups in total. The molecule has 0 aliphatic carbocycles. The Hall–Kier alpha value is -1.54. The van der Waals surface area contributed by atoms with Crippen molar-refractivity contribution in [3.63, 3.8) is 0 Å². The van der Waals surface area contributed by atoms with Crippen molar-refractivity contribution >= 4 is 11.6 Å². The summed E-state index contributed by atoms with van der Waals surface area (Å²) >= 11 is 6.44. The van der Waals surface area contributed by atoms with Crippen LogP contribution in [0.4, 0.5) is 4.39 Å². The second kappa shape index (κ2) is 5.45. The maximum Gasteiger partial charge on any atom is 0.126 e. The van der Waals surface area contributed by atoms with E-state index in [1.807, 2.05) is 18.2 Å². The van der Waals surface area contributed by atoms with Gasteiger partial charge >= 0.3 is 0 Å². The number of benzene rings is 2. The highest BCUT2D eigenvalue weighted by Crippen LogP contribution is 2.34. The standard InChI is InChI=1S/C17H16ClFO/c1-11-8-14-9-12(6-7-17(14)20-11)15(18)10-13-4-2-3-5-16(13)19/h2-7,9,11,15H,8,10H2,1H3. The van der Waals surface area contributed by atoms with Crippen molar-refractivity contribution in [2.75, 3.05) is 0 Å². The van der Waals surface area contributed by atoms with Crippen molar-refractivity contribution < 1.29 is 9.13 Å². The van der Waals surface area contributed by atoms with Crippen molar-refractivity contribution in [3.8, 4) is 5.75 Å². The predicted molar refractivity (Wildman–Crippen MR) is 78.9 cm³/mol. The van der Waals surface area contributed by atoms with E-state index < -0.39 is 0 Å². The van der Waals surface area contributed by atoms with Gasteiger partial charge < -0.3 is 4.74 Å². The van der Waals surface area contributed by atoms with E-state index in [4.69, 9.17) is 16.3 Å². The van der Waals surface area contributed by atoms with Crippen LogP contribution in [-0.4, -0.2) is 6.10 Å². The molecule has 20 heavy (non-hydrogen) atoms. The van der Waals surface area contributed by atoms with Crippen LogP contribution in [0.3, 0.4) is 0 Å². The Labute approximate surface area is 123 Å². The Kier molecular flexibility index (Phi) is 3.66. The number of hydrogen-bond acceptors (Lipinski definition) is 1. The fourth-order valence-corrected chi connectivity index (χ4v) is 2.91. The van der Waals surface area contributed by atoms with Crippen molar-refractivity contribution in [2.45, 2.75) is 31.2 Å². The largest absolute Gasteiger partial charge is 0.490 e. The van der Waals surface area contributed by atoms with Crippen LogP contribution in [0.2, 0.25) is 0 Å². The van der Waals surface area contributed by atoms with Crippen LogP contribution in [0.5, 0.6) is 5.75 Å². The molecule has 3 heteroatoms. The van der Waals surface area contributed by atoms with E-state index in [0.29, 0.717) is 12.0 Å². The maximum absolute atomic E-state index is 13.7. The molecule has 0 bridgehead atoms. The molecule has 0 saturated carbocycles. The van der Waals surface area contributed by atoms with Gasteiger partial charge in [-0.2, -0.15) is 0 Å². The van der Waals surface area contributed by atoms with Gasteiger partial charge in [-0.05, 0) is 42.2 Å². The van der Waals surface area contributed by atoms with Gasteiger partial charge in [0.05, 0.1) is 5.38 Å². The Morgan fingerprint density at radius 1 is 1.30 bits per heavy atom. The minimum Gasteiger partial charge on any atom is -0.490 e. The van der Waals surface area contributed by atoms with Crippen molar-refractivity contribution in [1.29, 1.82) is 0 Å². The summed E-state index contributed by atoms with van der Waals surface area (Å²) in [5.41, 5.74) is 2.86. The molecule has 0 amide bonds. The lowest BCUT2D eigenvalue weighted by Crippen LogP contribution is -2.05. The smallest absolute Gasteiger partial charge is 0.126 e. The van der Waals surface area contributed by atoms with Gasteiger partial charge in [-0.3, -0.25) is 0 Å². The summed E-state index contributed by atoms with van der Waals surface area (Å²) in [4.78, 5) is 0. The van der Waals surface area contributed by atoms with Crippen molar-refractivity contribution in [1.82, 2.24) is 0 Å². The van der Waals surface area contributed by atoms with E-state index in [2.05, 4.69) is 13.0 Å². The Balaban J connectivity index is 1.80. The average molecular weight is 291 g/mol. The Morgan fingerprint density at radius 3 is 2.90 bits per heavy atom. The quantitative estimate of drug-likeness (QED) is 0.746. The zero-order valence-corrected chi connectivity index (χ0v) is 12.0. The lowest BCUT2D eigenvalue weighted by atomic mass is 10.0. The summed E-state index contributed by atoms with van der Waals surface area (Å²) in [6.07, 6.45) is 1.62. The van der Waals surface area contributed by atoms with Crippen molar-refractivity contribution in [2.24, 2.45) is 0 Å². The van der Waals surface area contributed by atoms with Gasteiger partial charge in [0.1, 0.15) is 17.7 Å². The minimum absolute atomic E-state index is 0.198. The molecule has 0 fully saturated rings. The molecule has 0 spiro atoms. The van der Waals surface area contributed by atoms with E-state index in [1.165, 1.54) is 11.6 Å². The van der Waals surface area contributed by atoms with Gasteiger partial charge in [0.25, 0.3) is 0 Å². The van der Waals surface area contributed by atoms with E-state index in [1.54, 1.807) is 12.1 Å². The topological polar surface area (TPSA) is 9.23 Å². The second-order valence-corrected chi connectivity index (χ2v) is 5.79. The molecule has 104 valence electrons. The molecule has 1 nitrogen and oxygen atoms in total. The molecule has 1 aliphatic rings. The van der Waals surface area contributed by atoms with Crippen molar-refractivity contribution in [3.05, 3.63) is 65.0 Å². The highest BCUT2D eigenvalue weighted by atomic mass is 35.5. The number of halogens is 2. The van der Waals surface area contributed by atoms with E-state index in [0.717, 1.165) is 17.7 Å². The third-order valence-electron chi connectivity index (χ3n) is 3.64. The molecule has 2 aromatic carbocycles. The summed E-state index contributed by atoms with van der Waals surface area (Å²) < 4.78 is 19.3. The molecular formula is C17H16ClFO. The molecule has 1 aliphatic heterocycles. The number of ether oxygens (including phenoxy) is 1. The number of rotatable bonds is 3. The fourth-order valence-electron chi connectivity index (χ4n) is 2.61. The first-order valence-corrected chi connectivity index (χ1v) is 7.24. The molecule has 0 aromatic heterocycles. The Morgan fingerprint density at radius 2 is 2.10 bits per heavy atom. The summed E-state index contributed by atoms with van der Waals surface area (Å²) in [5, 5.41) is -0.229. The molecule has 1 heterocycles.